The Labute approximate surface area is 122 Å². The van der Waals surface area contributed by atoms with Gasteiger partial charge in [0.2, 0.25) is 0 Å². The van der Waals surface area contributed by atoms with Crippen LogP contribution >= 0.6 is 0 Å². The lowest BCUT2D eigenvalue weighted by molar-refractivity contribution is -0.0442. The minimum Gasteiger partial charge on any atom is -0.377 e. The molecule has 3 heteroatoms. The molecule has 0 aromatic heterocycles. The standard InChI is InChI=1S/C17H27NO2/c1-3-18-17(15-9-7-14(2)8-10-15)13-19-12-16-6-4-5-11-20-16/h7-10,16-18H,3-6,11-13H2,1-2H3. The second-order valence-corrected chi connectivity index (χ2v) is 5.55. The summed E-state index contributed by atoms with van der Waals surface area (Å²) in [5, 5.41) is 3.49. The lowest BCUT2D eigenvalue weighted by Crippen LogP contribution is -2.29. The summed E-state index contributed by atoms with van der Waals surface area (Å²) in [6.45, 7) is 7.50. The molecule has 0 bridgehead atoms. The maximum absolute atomic E-state index is 5.88. The number of nitrogens with one attached hydrogen (secondary N) is 1. The van der Waals surface area contributed by atoms with E-state index in [1.54, 1.807) is 0 Å². The molecule has 0 spiro atoms. The zero-order valence-electron chi connectivity index (χ0n) is 12.7. The number of ether oxygens (including phenoxy) is 2. The Hall–Kier alpha value is -0.900. The van der Waals surface area contributed by atoms with Gasteiger partial charge in [0.25, 0.3) is 0 Å². The first-order valence-corrected chi connectivity index (χ1v) is 7.79. The fraction of sp³-hybridized carbons (Fsp3) is 0.647. The molecule has 0 amide bonds. The summed E-state index contributed by atoms with van der Waals surface area (Å²) < 4.78 is 11.6. The summed E-state index contributed by atoms with van der Waals surface area (Å²) in [6.07, 6.45) is 3.89. The second-order valence-electron chi connectivity index (χ2n) is 5.55. The monoisotopic (exact) mass is 277 g/mol. The summed E-state index contributed by atoms with van der Waals surface area (Å²) in [7, 11) is 0. The van der Waals surface area contributed by atoms with Crippen LogP contribution in [0.25, 0.3) is 0 Å². The van der Waals surface area contributed by atoms with Crippen LogP contribution in [-0.2, 0) is 9.47 Å². The first-order chi connectivity index (χ1) is 9.79. The molecule has 112 valence electrons. The van der Waals surface area contributed by atoms with E-state index >= 15 is 0 Å². The van der Waals surface area contributed by atoms with E-state index in [0.717, 1.165) is 19.6 Å². The van der Waals surface area contributed by atoms with Gasteiger partial charge in [0.05, 0.1) is 25.4 Å². The Morgan fingerprint density at radius 2 is 2.10 bits per heavy atom. The van der Waals surface area contributed by atoms with Crippen molar-refractivity contribution in [2.24, 2.45) is 0 Å². The van der Waals surface area contributed by atoms with Crippen LogP contribution in [0.4, 0.5) is 0 Å². The molecule has 1 fully saturated rings. The minimum absolute atomic E-state index is 0.268. The van der Waals surface area contributed by atoms with Gasteiger partial charge in [0.1, 0.15) is 0 Å². The van der Waals surface area contributed by atoms with Gasteiger partial charge in [-0.05, 0) is 38.3 Å². The van der Waals surface area contributed by atoms with E-state index in [-0.39, 0.29) is 6.04 Å². The predicted octanol–water partition coefficient (Wildman–Crippen LogP) is 3.23. The summed E-state index contributed by atoms with van der Waals surface area (Å²) in [5.41, 5.74) is 2.59. The van der Waals surface area contributed by atoms with Crippen LogP contribution in [0.1, 0.15) is 43.4 Å². The smallest absolute Gasteiger partial charge is 0.0808 e. The summed E-state index contributed by atoms with van der Waals surface area (Å²) in [4.78, 5) is 0. The van der Waals surface area contributed by atoms with Gasteiger partial charge < -0.3 is 14.8 Å². The minimum atomic E-state index is 0.268. The van der Waals surface area contributed by atoms with Crippen LogP contribution in [0.3, 0.4) is 0 Å². The van der Waals surface area contributed by atoms with Crippen molar-refractivity contribution < 1.29 is 9.47 Å². The molecule has 0 aliphatic carbocycles. The normalized spacial score (nSPS) is 20.8. The van der Waals surface area contributed by atoms with E-state index in [9.17, 15) is 0 Å². The van der Waals surface area contributed by atoms with Crippen molar-refractivity contribution in [3.63, 3.8) is 0 Å². The number of aryl methyl sites for hydroxylation is 1. The molecule has 0 saturated carbocycles. The van der Waals surface area contributed by atoms with Crippen LogP contribution < -0.4 is 5.32 Å². The molecule has 1 heterocycles. The fourth-order valence-electron chi connectivity index (χ4n) is 2.57. The van der Waals surface area contributed by atoms with Crippen molar-refractivity contribution in [3.05, 3.63) is 35.4 Å². The Morgan fingerprint density at radius 1 is 1.30 bits per heavy atom. The van der Waals surface area contributed by atoms with E-state index in [2.05, 4.69) is 43.4 Å². The molecule has 2 atom stereocenters. The molecule has 1 aliphatic rings. The van der Waals surface area contributed by atoms with Crippen molar-refractivity contribution in [1.82, 2.24) is 5.32 Å². The van der Waals surface area contributed by atoms with Crippen molar-refractivity contribution in [1.29, 1.82) is 0 Å². The van der Waals surface area contributed by atoms with E-state index < -0.39 is 0 Å². The van der Waals surface area contributed by atoms with Gasteiger partial charge in [-0.1, -0.05) is 36.8 Å². The third kappa shape index (κ3) is 4.89. The first kappa shape index (κ1) is 15.5. The number of rotatable bonds is 7. The zero-order valence-corrected chi connectivity index (χ0v) is 12.7. The molecule has 1 aromatic carbocycles. The van der Waals surface area contributed by atoms with E-state index in [1.807, 2.05) is 0 Å². The lowest BCUT2D eigenvalue weighted by Gasteiger charge is -2.24. The summed E-state index contributed by atoms with van der Waals surface area (Å²) in [6, 6.07) is 8.95. The van der Waals surface area contributed by atoms with Crippen molar-refractivity contribution in [2.45, 2.75) is 45.3 Å². The molecule has 1 saturated heterocycles. The quantitative estimate of drug-likeness (QED) is 0.830. The zero-order chi connectivity index (χ0) is 14.2. The van der Waals surface area contributed by atoms with Gasteiger partial charge in [-0.15, -0.1) is 0 Å². The van der Waals surface area contributed by atoms with Gasteiger partial charge in [-0.25, -0.2) is 0 Å². The molecule has 2 unspecified atom stereocenters. The van der Waals surface area contributed by atoms with Crippen LogP contribution in [0.2, 0.25) is 0 Å². The highest BCUT2D eigenvalue weighted by Gasteiger charge is 2.16. The van der Waals surface area contributed by atoms with E-state index in [0.29, 0.717) is 19.3 Å². The average Bonchev–Trinajstić information content (AvgIpc) is 2.48. The van der Waals surface area contributed by atoms with Crippen LogP contribution in [-0.4, -0.2) is 32.5 Å². The number of benzene rings is 1. The largest absolute Gasteiger partial charge is 0.377 e. The van der Waals surface area contributed by atoms with Gasteiger partial charge in [0.15, 0.2) is 0 Å². The van der Waals surface area contributed by atoms with Crippen LogP contribution in [0.15, 0.2) is 24.3 Å². The molecule has 1 aliphatic heterocycles. The summed E-state index contributed by atoms with van der Waals surface area (Å²) in [5.74, 6) is 0. The van der Waals surface area contributed by atoms with Gasteiger partial charge >= 0.3 is 0 Å². The Bertz CT molecular complexity index is 371. The SMILES string of the molecule is CCNC(COCC1CCCCO1)c1ccc(C)cc1. The predicted molar refractivity (Wildman–Crippen MR) is 82.0 cm³/mol. The molecule has 1 N–H and O–H groups in total. The maximum atomic E-state index is 5.88. The topological polar surface area (TPSA) is 30.5 Å². The molecule has 2 rings (SSSR count). The first-order valence-electron chi connectivity index (χ1n) is 7.79. The third-order valence-corrected chi connectivity index (χ3v) is 3.79. The molecule has 0 radical (unpaired) electrons. The molecule has 1 aromatic rings. The van der Waals surface area contributed by atoms with Gasteiger partial charge in [0, 0.05) is 6.61 Å². The molecular formula is C17H27NO2. The van der Waals surface area contributed by atoms with E-state index in [1.165, 1.54) is 24.0 Å². The number of likely N-dealkylation sites (N-methyl/N-ethyl adjacent to an activating group) is 1. The van der Waals surface area contributed by atoms with Crippen molar-refractivity contribution >= 4 is 0 Å². The average molecular weight is 277 g/mol. The Morgan fingerprint density at radius 3 is 2.75 bits per heavy atom. The number of hydrogen-bond acceptors (Lipinski definition) is 3. The fourth-order valence-corrected chi connectivity index (χ4v) is 2.57. The molecule has 20 heavy (non-hydrogen) atoms. The highest BCUT2D eigenvalue weighted by molar-refractivity contribution is 5.24. The third-order valence-electron chi connectivity index (χ3n) is 3.79. The van der Waals surface area contributed by atoms with Gasteiger partial charge in [-0.2, -0.15) is 0 Å². The van der Waals surface area contributed by atoms with E-state index in [4.69, 9.17) is 9.47 Å². The second kappa shape index (κ2) is 8.40. The lowest BCUT2D eigenvalue weighted by atomic mass is 10.1. The number of hydrogen-bond donors (Lipinski definition) is 1. The highest BCUT2D eigenvalue weighted by Crippen LogP contribution is 2.16. The molecular weight excluding hydrogens is 250 g/mol. The van der Waals surface area contributed by atoms with Crippen molar-refractivity contribution in [2.75, 3.05) is 26.4 Å². The van der Waals surface area contributed by atoms with Crippen LogP contribution in [0, 0.1) is 6.92 Å². The Kier molecular flexibility index (Phi) is 6.51. The van der Waals surface area contributed by atoms with Crippen molar-refractivity contribution in [3.8, 4) is 0 Å². The van der Waals surface area contributed by atoms with Crippen LogP contribution in [0.5, 0.6) is 0 Å². The summed E-state index contributed by atoms with van der Waals surface area (Å²) >= 11 is 0. The highest BCUT2D eigenvalue weighted by atomic mass is 16.5. The molecule has 3 nitrogen and oxygen atoms in total. The van der Waals surface area contributed by atoms with Gasteiger partial charge in [-0.3, -0.25) is 0 Å². The Balaban J connectivity index is 1.80. The maximum Gasteiger partial charge on any atom is 0.0808 e.